The first-order valence-corrected chi connectivity index (χ1v) is 9.98. The van der Waals surface area contributed by atoms with Crippen molar-refractivity contribution in [2.45, 2.75) is 26.2 Å². The number of piperazine rings is 1. The number of nitrogens with one attached hydrogen (secondary N) is 2. The molecule has 1 aliphatic rings. The zero-order valence-corrected chi connectivity index (χ0v) is 17.4. The Morgan fingerprint density at radius 1 is 1.11 bits per heavy atom. The summed E-state index contributed by atoms with van der Waals surface area (Å²) in [7, 11) is 1.69. The molecule has 150 valence electrons. The molecule has 2 aromatic rings. The number of quaternary nitrogens is 1. The second-order valence-corrected chi connectivity index (χ2v) is 8.49. The van der Waals surface area contributed by atoms with Crippen molar-refractivity contribution in [3.05, 3.63) is 54.1 Å². The summed E-state index contributed by atoms with van der Waals surface area (Å²) < 4.78 is 5.32. The van der Waals surface area contributed by atoms with Gasteiger partial charge in [0.25, 0.3) is 5.91 Å². The van der Waals surface area contributed by atoms with E-state index in [4.69, 9.17) is 4.74 Å². The van der Waals surface area contributed by atoms with E-state index in [1.54, 1.807) is 7.11 Å². The number of carbonyl (C=O) groups is 1. The van der Waals surface area contributed by atoms with Crippen LogP contribution < -0.4 is 19.9 Å². The van der Waals surface area contributed by atoms with Gasteiger partial charge in [-0.15, -0.1) is 0 Å². The molecule has 1 aliphatic heterocycles. The van der Waals surface area contributed by atoms with Gasteiger partial charge in [0.15, 0.2) is 6.54 Å². The molecule has 1 saturated heterocycles. The third-order valence-electron chi connectivity index (χ3n) is 5.33. The van der Waals surface area contributed by atoms with E-state index in [-0.39, 0.29) is 11.3 Å². The standard InChI is InChI=1S/C23H31N3O2/c1-23(2,3)18-8-10-19(11-9-18)24-22(27)17-25-12-14-26(15-13-25)20-6-5-7-21(16-20)28-4/h5-11,16H,12-15,17H2,1-4H3,(H,24,27)/p+1. The average molecular weight is 383 g/mol. The number of carbonyl (C=O) groups excluding carboxylic acids is 1. The second-order valence-electron chi connectivity index (χ2n) is 8.49. The predicted octanol–water partition coefficient (Wildman–Crippen LogP) is 2.34. The summed E-state index contributed by atoms with van der Waals surface area (Å²) in [6, 6.07) is 16.3. The quantitative estimate of drug-likeness (QED) is 0.834. The Kier molecular flexibility index (Phi) is 6.25. The van der Waals surface area contributed by atoms with Crippen LogP contribution in [0.3, 0.4) is 0 Å². The number of rotatable bonds is 5. The van der Waals surface area contributed by atoms with Gasteiger partial charge in [0.1, 0.15) is 5.75 Å². The molecule has 1 fully saturated rings. The lowest BCUT2D eigenvalue weighted by molar-refractivity contribution is -0.892. The highest BCUT2D eigenvalue weighted by atomic mass is 16.5. The van der Waals surface area contributed by atoms with Crippen LogP contribution in [0.15, 0.2) is 48.5 Å². The van der Waals surface area contributed by atoms with E-state index in [9.17, 15) is 4.79 Å². The molecule has 28 heavy (non-hydrogen) atoms. The molecule has 0 aromatic heterocycles. The average Bonchev–Trinajstić information content (AvgIpc) is 2.68. The molecule has 1 heterocycles. The van der Waals surface area contributed by atoms with E-state index in [0.29, 0.717) is 6.54 Å². The van der Waals surface area contributed by atoms with Crippen molar-refractivity contribution >= 4 is 17.3 Å². The van der Waals surface area contributed by atoms with Crippen LogP contribution in [0.1, 0.15) is 26.3 Å². The van der Waals surface area contributed by atoms with Gasteiger partial charge in [0.05, 0.1) is 33.3 Å². The van der Waals surface area contributed by atoms with Crippen molar-refractivity contribution in [3.8, 4) is 5.75 Å². The minimum absolute atomic E-state index is 0.0772. The summed E-state index contributed by atoms with van der Waals surface area (Å²) in [5, 5.41) is 3.04. The zero-order chi connectivity index (χ0) is 20.1. The molecule has 5 heteroatoms. The highest BCUT2D eigenvalue weighted by molar-refractivity contribution is 5.91. The predicted molar refractivity (Wildman–Crippen MR) is 115 cm³/mol. The maximum atomic E-state index is 12.4. The molecule has 0 bridgehead atoms. The smallest absolute Gasteiger partial charge is 0.279 e. The van der Waals surface area contributed by atoms with Crippen molar-refractivity contribution in [2.75, 3.05) is 50.1 Å². The number of amides is 1. The van der Waals surface area contributed by atoms with Crippen molar-refractivity contribution in [2.24, 2.45) is 0 Å². The third kappa shape index (κ3) is 5.26. The molecule has 2 aromatic carbocycles. The third-order valence-corrected chi connectivity index (χ3v) is 5.33. The number of hydrogen-bond donors (Lipinski definition) is 2. The van der Waals surface area contributed by atoms with E-state index in [1.165, 1.54) is 16.2 Å². The van der Waals surface area contributed by atoms with Crippen LogP contribution in [0, 0.1) is 0 Å². The molecular weight excluding hydrogens is 350 g/mol. The van der Waals surface area contributed by atoms with E-state index < -0.39 is 0 Å². The summed E-state index contributed by atoms with van der Waals surface area (Å²) in [4.78, 5) is 16.1. The van der Waals surface area contributed by atoms with Crippen molar-refractivity contribution in [3.63, 3.8) is 0 Å². The summed E-state index contributed by atoms with van der Waals surface area (Å²) in [6.45, 7) is 10.9. The van der Waals surface area contributed by atoms with E-state index in [2.05, 4.69) is 55.3 Å². The number of benzene rings is 2. The molecule has 3 rings (SSSR count). The van der Waals surface area contributed by atoms with E-state index in [0.717, 1.165) is 37.6 Å². The fraction of sp³-hybridized carbons (Fsp3) is 0.435. The maximum absolute atomic E-state index is 12.4. The van der Waals surface area contributed by atoms with Crippen LogP contribution in [0.25, 0.3) is 0 Å². The Balaban J connectivity index is 1.48. The topological polar surface area (TPSA) is 46.0 Å². The first kappa shape index (κ1) is 20.2. The van der Waals surface area contributed by atoms with E-state index >= 15 is 0 Å². The summed E-state index contributed by atoms with van der Waals surface area (Å²) >= 11 is 0. The van der Waals surface area contributed by atoms with Crippen LogP contribution >= 0.6 is 0 Å². The normalized spacial score (nSPS) is 15.4. The van der Waals surface area contributed by atoms with Crippen LogP contribution in [0.5, 0.6) is 5.75 Å². The SMILES string of the molecule is COc1cccc(N2CC[NH+](CC(=O)Nc3ccc(C(C)(C)C)cc3)CC2)c1. The summed E-state index contributed by atoms with van der Waals surface area (Å²) in [5.41, 5.74) is 3.44. The Bertz CT molecular complexity index is 788. The van der Waals surface area contributed by atoms with Crippen molar-refractivity contribution in [1.82, 2.24) is 0 Å². The fourth-order valence-corrected chi connectivity index (χ4v) is 3.55. The van der Waals surface area contributed by atoms with Gasteiger partial charge in [-0.25, -0.2) is 0 Å². The van der Waals surface area contributed by atoms with Crippen LogP contribution in [-0.4, -0.2) is 45.7 Å². The molecule has 1 amide bonds. The molecule has 2 N–H and O–H groups in total. The lowest BCUT2D eigenvalue weighted by Gasteiger charge is -2.33. The summed E-state index contributed by atoms with van der Waals surface area (Å²) in [5.74, 6) is 0.956. The molecular formula is C23H32N3O2+. The number of anilines is 2. The molecule has 0 unspecified atom stereocenters. The minimum atomic E-state index is 0.0772. The van der Waals surface area contributed by atoms with Gasteiger partial charge < -0.3 is 19.9 Å². The van der Waals surface area contributed by atoms with Gasteiger partial charge in [0.2, 0.25) is 0 Å². The Morgan fingerprint density at radius 2 is 1.79 bits per heavy atom. The summed E-state index contributed by atoms with van der Waals surface area (Å²) in [6.07, 6.45) is 0. The van der Waals surface area contributed by atoms with Crippen molar-refractivity contribution < 1.29 is 14.4 Å². The molecule has 0 saturated carbocycles. The largest absolute Gasteiger partial charge is 0.497 e. The maximum Gasteiger partial charge on any atom is 0.279 e. The van der Waals surface area contributed by atoms with Crippen LogP contribution in [0.4, 0.5) is 11.4 Å². The van der Waals surface area contributed by atoms with Gasteiger partial charge in [0, 0.05) is 17.4 Å². The van der Waals surface area contributed by atoms with Crippen LogP contribution in [-0.2, 0) is 10.2 Å². The lowest BCUT2D eigenvalue weighted by atomic mass is 9.87. The van der Waals surface area contributed by atoms with Crippen molar-refractivity contribution in [1.29, 1.82) is 0 Å². The first-order chi connectivity index (χ1) is 13.3. The first-order valence-electron chi connectivity index (χ1n) is 9.98. The van der Waals surface area contributed by atoms with Gasteiger partial charge in [-0.05, 0) is 35.2 Å². The molecule has 0 radical (unpaired) electrons. The lowest BCUT2D eigenvalue weighted by Crippen LogP contribution is -3.15. The fourth-order valence-electron chi connectivity index (χ4n) is 3.55. The second kappa shape index (κ2) is 8.65. The van der Waals surface area contributed by atoms with E-state index in [1.807, 2.05) is 24.3 Å². The van der Waals surface area contributed by atoms with Crippen LogP contribution in [0.2, 0.25) is 0 Å². The zero-order valence-electron chi connectivity index (χ0n) is 17.4. The Hall–Kier alpha value is -2.53. The monoisotopic (exact) mass is 382 g/mol. The highest BCUT2D eigenvalue weighted by Gasteiger charge is 2.22. The number of methoxy groups -OCH3 is 1. The molecule has 0 spiro atoms. The Morgan fingerprint density at radius 3 is 2.39 bits per heavy atom. The number of ether oxygens (including phenoxy) is 1. The molecule has 0 atom stereocenters. The number of hydrogen-bond acceptors (Lipinski definition) is 3. The Labute approximate surface area is 168 Å². The molecule has 0 aliphatic carbocycles. The van der Waals surface area contributed by atoms with Gasteiger partial charge >= 0.3 is 0 Å². The van der Waals surface area contributed by atoms with Gasteiger partial charge in [-0.2, -0.15) is 0 Å². The van der Waals surface area contributed by atoms with Gasteiger partial charge in [-0.3, -0.25) is 4.79 Å². The number of nitrogens with zero attached hydrogens (tertiary/aromatic N) is 1. The minimum Gasteiger partial charge on any atom is -0.497 e. The van der Waals surface area contributed by atoms with Gasteiger partial charge in [-0.1, -0.05) is 39.0 Å². The molecule has 5 nitrogen and oxygen atoms in total. The highest BCUT2D eigenvalue weighted by Crippen LogP contribution is 2.23.